The van der Waals surface area contributed by atoms with Crippen LogP contribution in [0.15, 0.2) is 89.9 Å². The van der Waals surface area contributed by atoms with Crippen molar-refractivity contribution in [1.29, 1.82) is 0 Å². The zero-order chi connectivity index (χ0) is 25.0. The third-order valence-corrected chi connectivity index (χ3v) is 7.00. The summed E-state index contributed by atoms with van der Waals surface area (Å²) in [4.78, 5) is 9.37. The molecule has 0 saturated heterocycles. The minimum atomic E-state index is 0.625. The van der Waals surface area contributed by atoms with E-state index in [1.54, 1.807) is 0 Å². The topological polar surface area (TPSA) is 54.1 Å². The fraction of sp³-hybridized carbons (Fsp3) is 0.387. The van der Waals surface area contributed by atoms with Gasteiger partial charge in [-0.2, -0.15) is 0 Å². The van der Waals surface area contributed by atoms with E-state index in [1.165, 1.54) is 45.1 Å². The molecule has 5 rings (SSSR count). The zero-order valence-electron chi connectivity index (χ0n) is 21.6. The van der Waals surface area contributed by atoms with Crippen molar-refractivity contribution in [1.82, 2.24) is 9.80 Å². The number of fused-ring (bicyclic) bond motifs is 1. The van der Waals surface area contributed by atoms with Crippen LogP contribution in [0.5, 0.6) is 11.5 Å². The Balaban J connectivity index is 0.000000445. The summed E-state index contributed by atoms with van der Waals surface area (Å²) in [6, 6.07) is 28.7. The van der Waals surface area contributed by atoms with E-state index in [9.17, 15) is 0 Å². The summed E-state index contributed by atoms with van der Waals surface area (Å²) in [6.45, 7) is 2.90. The molecule has 3 aromatic carbocycles. The number of guanidine groups is 1. The zero-order valence-corrected chi connectivity index (χ0v) is 21.6. The molecule has 1 saturated carbocycles. The van der Waals surface area contributed by atoms with Gasteiger partial charge in [-0.3, -0.25) is 0 Å². The highest BCUT2D eigenvalue weighted by Crippen LogP contribution is 2.31. The van der Waals surface area contributed by atoms with E-state index in [0.29, 0.717) is 5.96 Å². The van der Waals surface area contributed by atoms with Crippen molar-refractivity contribution < 1.29 is 4.74 Å². The first-order valence-corrected chi connectivity index (χ1v) is 13.3. The van der Waals surface area contributed by atoms with Crippen LogP contribution in [0.2, 0.25) is 0 Å². The van der Waals surface area contributed by atoms with Crippen molar-refractivity contribution in [3.8, 4) is 11.5 Å². The van der Waals surface area contributed by atoms with Crippen LogP contribution in [-0.4, -0.2) is 41.9 Å². The number of unbranched alkanes of at least 4 members (excludes halogenated alkanes) is 1. The van der Waals surface area contributed by atoms with E-state index >= 15 is 0 Å². The summed E-state index contributed by atoms with van der Waals surface area (Å²) in [5, 5.41) is 0. The van der Waals surface area contributed by atoms with Crippen LogP contribution < -0.4 is 10.5 Å². The summed E-state index contributed by atoms with van der Waals surface area (Å²) in [5.74, 6) is 2.31. The highest BCUT2D eigenvalue weighted by Gasteiger charge is 2.20. The predicted molar refractivity (Wildman–Crippen MR) is 150 cm³/mol. The quantitative estimate of drug-likeness (QED) is 0.351. The third-order valence-electron chi connectivity index (χ3n) is 7.00. The van der Waals surface area contributed by atoms with Crippen LogP contribution in [0, 0.1) is 0 Å². The predicted octanol–water partition coefficient (Wildman–Crippen LogP) is 6.97. The highest BCUT2D eigenvalue weighted by atomic mass is 16.5. The van der Waals surface area contributed by atoms with Gasteiger partial charge in [0, 0.05) is 24.7 Å². The summed E-state index contributed by atoms with van der Waals surface area (Å²) in [7, 11) is 2.29. The Labute approximate surface area is 216 Å². The van der Waals surface area contributed by atoms with E-state index in [1.807, 2.05) is 78.9 Å². The first kappa shape index (κ1) is 25.8. The number of nitrogens with two attached hydrogens (primary N) is 1. The number of hydrogen-bond donors (Lipinski definition) is 1. The summed E-state index contributed by atoms with van der Waals surface area (Å²) in [5.41, 5.74) is 8.36. The van der Waals surface area contributed by atoms with Crippen molar-refractivity contribution in [3.05, 3.63) is 90.5 Å². The largest absolute Gasteiger partial charge is 0.457 e. The SMILES string of the molecule is CN(CCCCN1Cc2cc(Oc3ccccc3)ccc2N=C1N)C1CCCCC1.c1ccccc1. The summed E-state index contributed by atoms with van der Waals surface area (Å²) < 4.78 is 5.99. The Morgan fingerprint density at radius 2 is 1.53 bits per heavy atom. The molecule has 190 valence electrons. The molecule has 2 aliphatic rings. The lowest BCUT2D eigenvalue weighted by molar-refractivity contribution is 0.187. The van der Waals surface area contributed by atoms with E-state index in [-0.39, 0.29) is 0 Å². The van der Waals surface area contributed by atoms with Crippen LogP contribution in [0.4, 0.5) is 5.69 Å². The van der Waals surface area contributed by atoms with Crippen LogP contribution in [0.25, 0.3) is 0 Å². The van der Waals surface area contributed by atoms with Crippen molar-refractivity contribution >= 4 is 11.6 Å². The third kappa shape index (κ3) is 7.85. The summed E-state index contributed by atoms with van der Waals surface area (Å²) in [6.07, 6.45) is 9.26. The molecule has 5 heteroatoms. The maximum Gasteiger partial charge on any atom is 0.196 e. The lowest BCUT2D eigenvalue weighted by Crippen LogP contribution is -2.39. The first-order valence-electron chi connectivity index (χ1n) is 13.3. The lowest BCUT2D eigenvalue weighted by Gasteiger charge is -2.32. The van der Waals surface area contributed by atoms with Crippen molar-refractivity contribution in [2.24, 2.45) is 10.7 Å². The minimum absolute atomic E-state index is 0.625. The first-order chi connectivity index (χ1) is 17.7. The molecular formula is C31H40N4O. The van der Waals surface area contributed by atoms with Crippen molar-refractivity contribution in [2.45, 2.75) is 57.5 Å². The number of rotatable bonds is 8. The average Bonchev–Trinajstić information content (AvgIpc) is 2.93. The highest BCUT2D eigenvalue weighted by molar-refractivity contribution is 5.83. The van der Waals surface area contributed by atoms with Gasteiger partial charge < -0.3 is 20.3 Å². The molecule has 0 radical (unpaired) electrons. The molecule has 0 amide bonds. The second-order valence-corrected chi connectivity index (χ2v) is 9.73. The molecule has 1 fully saturated rings. The molecular weight excluding hydrogens is 444 g/mol. The normalized spacial score (nSPS) is 15.5. The van der Waals surface area contributed by atoms with E-state index < -0.39 is 0 Å². The molecule has 3 aromatic rings. The van der Waals surface area contributed by atoms with Gasteiger partial charge in [-0.05, 0) is 69.6 Å². The smallest absolute Gasteiger partial charge is 0.196 e. The summed E-state index contributed by atoms with van der Waals surface area (Å²) >= 11 is 0. The molecule has 2 N–H and O–H groups in total. The Bertz CT molecular complexity index is 1040. The average molecular weight is 485 g/mol. The maximum atomic E-state index is 6.25. The van der Waals surface area contributed by atoms with Gasteiger partial charge in [-0.25, -0.2) is 4.99 Å². The molecule has 36 heavy (non-hydrogen) atoms. The fourth-order valence-corrected chi connectivity index (χ4v) is 4.91. The lowest BCUT2D eigenvalue weighted by atomic mass is 9.94. The number of benzene rings is 3. The van der Waals surface area contributed by atoms with Crippen molar-refractivity contribution in [3.63, 3.8) is 0 Å². The molecule has 5 nitrogen and oxygen atoms in total. The van der Waals surface area contributed by atoms with Gasteiger partial charge in [0.05, 0.1) is 5.69 Å². The van der Waals surface area contributed by atoms with Gasteiger partial charge in [0.2, 0.25) is 0 Å². The molecule has 0 spiro atoms. The number of nitrogens with zero attached hydrogens (tertiary/aromatic N) is 3. The van der Waals surface area contributed by atoms with Gasteiger partial charge in [0.25, 0.3) is 0 Å². The van der Waals surface area contributed by atoms with Gasteiger partial charge >= 0.3 is 0 Å². The van der Waals surface area contributed by atoms with Crippen molar-refractivity contribution in [2.75, 3.05) is 20.1 Å². The number of para-hydroxylation sites is 1. The Morgan fingerprint density at radius 3 is 2.22 bits per heavy atom. The Kier molecular flexibility index (Phi) is 9.80. The Morgan fingerprint density at radius 1 is 0.861 bits per heavy atom. The second-order valence-electron chi connectivity index (χ2n) is 9.73. The van der Waals surface area contributed by atoms with Gasteiger partial charge in [0.1, 0.15) is 11.5 Å². The molecule has 1 heterocycles. The van der Waals surface area contributed by atoms with Crippen LogP contribution in [0.3, 0.4) is 0 Å². The van der Waals surface area contributed by atoms with E-state index in [2.05, 4.69) is 27.9 Å². The van der Waals surface area contributed by atoms with Gasteiger partial charge in [-0.1, -0.05) is 73.9 Å². The number of ether oxygens (including phenoxy) is 1. The van der Waals surface area contributed by atoms with E-state index in [4.69, 9.17) is 10.5 Å². The number of aliphatic imine (C=N–C) groups is 1. The fourth-order valence-electron chi connectivity index (χ4n) is 4.91. The minimum Gasteiger partial charge on any atom is -0.457 e. The molecule has 0 aromatic heterocycles. The molecule has 0 unspecified atom stereocenters. The maximum absolute atomic E-state index is 6.25. The standard InChI is InChI=1S/C25H34N4O.C6H6/c1-28(21-10-4-2-5-11-21)16-8-9-17-29-19-20-18-23(14-15-24(20)27-25(29)26)30-22-12-6-3-7-13-22;1-2-4-6-5-3-1/h3,6-7,12-15,18,21H,2,4-5,8-11,16-17,19H2,1H3,(H2,26,27);1-6H. The molecule has 0 atom stereocenters. The molecule has 0 bridgehead atoms. The van der Waals surface area contributed by atoms with Gasteiger partial charge in [0.15, 0.2) is 5.96 Å². The second kappa shape index (κ2) is 13.7. The Hall–Kier alpha value is -3.31. The monoisotopic (exact) mass is 484 g/mol. The van der Waals surface area contributed by atoms with E-state index in [0.717, 1.165) is 48.3 Å². The molecule has 1 aliphatic heterocycles. The van der Waals surface area contributed by atoms with Crippen LogP contribution in [0.1, 0.15) is 50.5 Å². The van der Waals surface area contributed by atoms with Crippen LogP contribution in [-0.2, 0) is 6.54 Å². The number of hydrogen-bond acceptors (Lipinski definition) is 5. The molecule has 1 aliphatic carbocycles. The van der Waals surface area contributed by atoms with Crippen LogP contribution >= 0.6 is 0 Å². The van der Waals surface area contributed by atoms with Gasteiger partial charge in [-0.15, -0.1) is 0 Å².